The first-order valence-electron chi connectivity index (χ1n) is 6.32. The monoisotopic (exact) mass is 238 g/mol. The Kier molecular flexibility index (Phi) is 5.93. The molecule has 2 rings (SSSR count). The summed E-state index contributed by atoms with van der Waals surface area (Å²) in [6, 6.07) is 22.4. The lowest BCUT2D eigenvalue weighted by Gasteiger charge is -2.10. The van der Waals surface area contributed by atoms with E-state index in [0.717, 1.165) is 0 Å². The molecule has 2 aromatic carbocycles. The molecule has 2 aromatic rings. The van der Waals surface area contributed by atoms with Gasteiger partial charge in [0, 0.05) is 0 Å². The third kappa shape index (κ3) is 7.45. The molecule has 0 heterocycles. The number of rotatable bonds is 1. The summed E-state index contributed by atoms with van der Waals surface area (Å²) < 4.78 is 0. The predicted octanol–water partition coefficient (Wildman–Crippen LogP) is 5.43. The summed E-state index contributed by atoms with van der Waals surface area (Å²) in [6.45, 7) is 6.60. The van der Waals surface area contributed by atoms with Crippen LogP contribution < -0.4 is 0 Å². The highest BCUT2D eigenvalue weighted by molar-refractivity contribution is 5.49. The Labute approximate surface area is 111 Å². The van der Waals surface area contributed by atoms with Crippen LogP contribution in [0.4, 0.5) is 0 Å². The summed E-state index contributed by atoms with van der Waals surface area (Å²) >= 11 is 0. The lowest BCUT2D eigenvalue weighted by atomic mass is 9.95. The Hall–Kier alpha value is -1.82. The van der Waals surface area contributed by atoms with Crippen LogP contribution in [-0.2, 0) is 0 Å². The van der Waals surface area contributed by atoms with E-state index in [1.807, 2.05) is 42.5 Å². The first-order chi connectivity index (χ1) is 8.58. The quantitative estimate of drug-likeness (QED) is 0.621. The van der Waals surface area contributed by atoms with Gasteiger partial charge in [0.05, 0.1) is 0 Å². The molecule has 0 bridgehead atoms. The van der Waals surface area contributed by atoms with Crippen molar-refractivity contribution in [3.8, 4) is 0 Å². The first-order valence-corrected chi connectivity index (χ1v) is 6.32. The number of hydrogen-bond acceptors (Lipinski definition) is 0. The molecular weight excluding hydrogens is 216 g/mol. The van der Waals surface area contributed by atoms with Gasteiger partial charge >= 0.3 is 0 Å². The molecule has 0 amide bonds. The van der Waals surface area contributed by atoms with Crippen molar-refractivity contribution < 1.29 is 0 Å². The van der Waals surface area contributed by atoms with E-state index >= 15 is 0 Å². The van der Waals surface area contributed by atoms with Gasteiger partial charge in [-0.25, -0.2) is 0 Å². The molecule has 0 spiro atoms. The zero-order valence-corrected chi connectivity index (χ0v) is 11.5. The minimum atomic E-state index is 0.274. The maximum atomic E-state index is 2.22. The Balaban J connectivity index is 0.000000225. The van der Waals surface area contributed by atoms with Crippen LogP contribution in [-0.4, -0.2) is 0 Å². The van der Waals surface area contributed by atoms with Gasteiger partial charge in [-0.05, 0) is 11.0 Å². The van der Waals surface area contributed by atoms with Crippen LogP contribution in [0.2, 0.25) is 0 Å². The maximum absolute atomic E-state index is 2.22. The molecule has 0 atom stereocenters. The van der Waals surface area contributed by atoms with Crippen molar-refractivity contribution in [1.29, 1.82) is 0 Å². The van der Waals surface area contributed by atoms with Gasteiger partial charge in [-0.3, -0.25) is 0 Å². The third-order valence-corrected chi connectivity index (χ3v) is 2.24. The standard InChI is InChI=1S/C12H16.C6H6/c1-12(2,3)10-9-11-7-5-4-6-8-11;1-2-4-6-5-3-1/h4-10H,1-3H3;1-6H. The molecule has 0 aliphatic rings. The summed E-state index contributed by atoms with van der Waals surface area (Å²) in [5, 5.41) is 0. The maximum Gasteiger partial charge on any atom is -0.0200 e. The van der Waals surface area contributed by atoms with Crippen LogP contribution in [0, 0.1) is 5.41 Å². The van der Waals surface area contributed by atoms with Gasteiger partial charge in [0.1, 0.15) is 0 Å². The van der Waals surface area contributed by atoms with Crippen molar-refractivity contribution >= 4 is 6.08 Å². The molecule has 0 aromatic heterocycles. The van der Waals surface area contributed by atoms with Crippen LogP contribution in [0.15, 0.2) is 72.8 Å². The fraction of sp³-hybridized carbons (Fsp3) is 0.222. The normalized spacial score (nSPS) is 10.8. The topological polar surface area (TPSA) is 0 Å². The number of hydrogen-bond donors (Lipinski definition) is 0. The SMILES string of the molecule is CC(C)(C)C=Cc1ccccc1.c1ccccc1. The highest BCUT2D eigenvalue weighted by Crippen LogP contribution is 2.16. The molecule has 18 heavy (non-hydrogen) atoms. The molecule has 0 fully saturated rings. The molecule has 0 nitrogen and oxygen atoms in total. The van der Waals surface area contributed by atoms with Crippen molar-refractivity contribution in [3.63, 3.8) is 0 Å². The molecule has 0 aliphatic heterocycles. The summed E-state index contributed by atoms with van der Waals surface area (Å²) in [5.74, 6) is 0. The van der Waals surface area contributed by atoms with Gasteiger partial charge in [-0.1, -0.05) is 99.7 Å². The largest absolute Gasteiger partial charge is 0.0785 e. The Morgan fingerprint density at radius 2 is 1.06 bits per heavy atom. The van der Waals surface area contributed by atoms with E-state index in [2.05, 4.69) is 57.2 Å². The van der Waals surface area contributed by atoms with Crippen LogP contribution >= 0.6 is 0 Å². The van der Waals surface area contributed by atoms with E-state index in [4.69, 9.17) is 0 Å². The van der Waals surface area contributed by atoms with Crippen LogP contribution in [0.1, 0.15) is 26.3 Å². The van der Waals surface area contributed by atoms with E-state index in [1.54, 1.807) is 0 Å². The van der Waals surface area contributed by atoms with Crippen LogP contribution in [0.3, 0.4) is 0 Å². The lowest BCUT2D eigenvalue weighted by molar-refractivity contribution is 0.547. The molecule has 0 radical (unpaired) electrons. The van der Waals surface area contributed by atoms with Crippen LogP contribution in [0.5, 0.6) is 0 Å². The molecule has 0 unspecified atom stereocenters. The van der Waals surface area contributed by atoms with Crippen molar-refractivity contribution in [2.24, 2.45) is 5.41 Å². The van der Waals surface area contributed by atoms with Gasteiger partial charge < -0.3 is 0 Å². The fourth-order valence-corrected chi connectivity index (χ4v) is 1.30. The molecule has 0 heteroatoms. The third-order valence-electron chi connectivity index (χ3n) is 2.24. The summed E-state index contributed by atoms with van der Waals surface area (Å²) in [7, 11) is 0. The lowest BCUT2D eigenvalue weighted by Crippen LogP contribution is -1.97. The smallest absolute Gasteiger partial charge is 0.0200 e. The van der Waals surface area contributed by atoms with E-state index in [0.29, 0.717) is 0 Å². The van der Waals surface area contributed by atoms with Gasteiger partial charge in [0.2, 0.25) is 0 Å². The first kappa shape index (κ1) is 14.2. The van der Waals surface area contributed by atoms with Crippen LogP contribution in [0.25, 0.3) is 6.08 Å². The highest BCUT2D eigenvalue weighted by atomic mass is 14.1. The Morgan fingerprint density at radius 1 is 0.667 bits per heavy atom. The molecule has 94 valence electrons. The molecule has 0 saturated carbocycles. The van der Waals surface area contributed by atoms with E-state index in [-0.39, 0.29) is 5.41 Å². The van der Waals surface area contributed by atoms with Crippen molar-refractivity contribution in [1.82, 2.24) is 0 Å². The average molecular weight is 238 g/mol. The molecular formula is C18H22. The molecule has 0 N–H and O–H groups in total. The molecule has 0 saturated heterocycles. The zero-order valence-electron chi connectivity index (χ0n) is 11.5. The second-order valence-corrected chi connectivity index (χ2v) is 5.26. The number of allylic oxidation sites excluding steroid dienone is 1. The summed E-state index contributed by atoms with van der Waals surface area (Å²) in [6.07, 6.45) is 4.39. The van der Waals surface area contributed by atoms with Crippen molar-refractivity contribution in [2.45, 2.75) is 20.8 Å². The van der Waals surface area contributed by atoms with Crippen molar-refractivity contribution in [3.05, 3.63) is 78.4 Å². The second-order valence-electron chi connectivity index (χ2n) is 5.26. The van der Waals surface area contributed by atoms with Gasteiger partial charge in [0.15, 0.2) is 0 Å². The van der Waals surface area contributed by atoms with E-state index < -0.39 is 0 Å². The molecule has 0 aliphatic carbocycles. The second kappa shape index (κ2) is 7.50. The summed E-state index contributed by atoms with van der Waals surface area (Å²) in [5.41, 5.74) is 1.54. The Bertz CT molecular complexity index is 406. The van der Waals surface area contributed by atoms with E-state index in [1.165, 1.54) is 5.56 Å². The highest BCUT2D eigenvalue weighted by Gasteiger charge is 2.02. The average Bonchev–Trinajstić information content (AvgIpc) is 2.40. The fourth-order valence-electron chi connectivity index (χ4n) is 1.30. The van der Waals surface area contributed by atoms with Gasteiger partial charge in [-0.2, -0.15) is 0 Å². The minimum Gasteiger partial charge on any atom is -0.0785 e. The van der Waals surface area contributed by atoms with E-state index in [9.17, 15) is 0 Å². The predicted molar refractivity (Wildman–Crippen MR) is 81.4 cm³/mol. The Morgan fingerprint density at radius 3 is 1.44 bits per heavy atom. The summed E-state index contributed by atoms with van der Waals surface area (Å²) in [4.78, 5) is 0. The number of benzene rings is 2. The van der Waals surface area contributed by atoms with Gasteiger partial charge in [0.25, 0.3) is 0 Å². The minimum absolute atomic E-state index is 0.274. The van der Waals surface area contributed by atoms with Crippen molar-refractivity contribution in [2.75, 3.05) is 0 Å². The van der Waals surface area contributed by atoms with Gasteiger partial charge in [-0.15, -0.1) is 0 Å². The zero-order chi connectivity index (χ0) is 13.3.